The van der Waals surface area contributed by atoms with Crippen LogP contribution in [0.25, 0.3) is 5.69 Å². The molecule has 32 heavy (non-hydrogen) atoms. The Bertz CT molecular complexity index is 1150. The van der Waals surface area contributed by atoms with Crippen molar-refractivity contribution in [3.05, 3.63) is 77.4 Å². The highest BCUT2D eigenvalue weighted by Gasteiger charge is 2.23. The first-order valence-electron chi connectivity index (χ1n) is 10.00. The number of esters is 1. The van der Waals surface area contributed by atoms with E-state index in [0.29, 0.717) is 28.3 Å². The minimum atomic E-state index is -1.04. The number of aromatic nitrogens is 1. The second kappa shape index (κ2) is 9.47. The zero-order valence-electron chi connectivity index (χ0n) is 18.2. The number of halogens is 1. The van der Waals surface area contributed by atoms with Crippen molar-refractivity contribution in [3.63, 3.8) is 0 Å². The predicted molar refractivity (Wildman–Crippen MR) is 119 cm³/mol. The second-order valence-corrected chi connectivity index (χ2v) is 7.39. The van der Waals surface area contributed by atoms with Crippen LogP contribution in [0.3, 0.4) is 0 Å². The quantitative estimate of drug-likeness (QED) is 0.560. The summed E-state index contributed by atoms with van der Waals surface area (Å²) in [7, 11) is 0. The van der Waals surface area contributed by atoms with Gasteiger partial charge < -0.3 is 19.9 Å². The number of rotatable bonds is 6. The molecule has 1 atom stereocenters. The molecular weight excluding hydrogens is 413 g/mol. The fourth-order valence-corrected chi connectivity index (χ4v) is 3.32. The Balaban J connectivity index is 1.67. The first-order chi connectivity index (χ1) is 15.2. The van der Waals surface area contributed by atoms with Crippen LogP contribution in [-0.2, 0) is 14.3 Å². The van der Waals surface area contributed by atoms with Crippen LogP contribution < -0.4 is 10.6 Å². The van der Waals surface area contributed by atoms with Gasteiger partial charge in [0, 0.05) is 35.4 Å². The van der Waals surface area contributed by atoms with Gasteiger partial charge in [0.05, 0.1) is 5.56 Å². The number of carbonyl (C=O) groups is 3. The van der Waals surface area contributed by atoms with Crippen LogP contribution in [0.2, 0.25) is 0 Å². The SMILES string of the molecule is CC(=O)Nc1ccc(NC(=O)C(C)OC(=O)c2cc(C)n(-c3ccc(F)cc3)c2C)cc1. The second-order valence-electron chi connectivity index (χ2n) is 7.39. The van der Waals surface area contributed by atoms with Gasteiger partial charge in [-0.3, -0.25) is 9.59 Å². The lowest BCUT2D eigenvalue weighted by Crippen LogP contribution is -2.30. The van der Waals surface area contributed by atoms with Gasteiger partial charge in [-0.05, 0) is 75.4 Å². The number of amides is 2. The van der Waals surface area contributed by atoms with Crippen LogP contribution in [0.5, 0.6) is 0 Å². The summed E-state index contributed by atoms with van der Waals surface area (Å²) in [6.07, 6.45) is -1.04. The summed E-state index contributed by atoms with van der Waals surface area (Å²) >= 11 is 0. The summed E-state index contributed by atoms with van der Waals surface area (Å²) in [6.45, 7) is 6.48. The van der Waals surface area contributed by atoms with E-state index in [1.165, 1.54) is 26.0 Å². The third kappa shape index (κ3) is 5.21. The van der Waals surface area contributed by atoms with E-state index >= 15 is 0 Å². The molecule has 1 unspecified atom stereocenters. The van der Waals surface area contributed by atoms with Gasteiger partial charge in [0.25, 0.3) is 5.91 Å². The Morgan fingerprint density at radius 2 is 1.50 bits per heavy atom. The normalized spacial score (nSPS) is 11.5. The van der Waals surface area contributed by atoms with Crippen LogP contribution in [0, 0.1) is 19.7 Å². The summed E-state index contributed by atoms with van der Waals surface area (Å²) in [5.41, 5.74) is 3.55. The van der Waals surface area contributed by atoms with E-state index in [4.69, 9.17) is 4.74 Å². The van der Waals surface area contributed by atoms with Crippen molar-refractivity contribution in [2.24, 2.45) is 0 Å². The van der Waals surface area contributed by atoms with E-state index < -0.39 is 18.0 Å². The highest BCUT2D eigenvalue weighted by molar-refractivity contribution is 5.98. The molecule has 0 saturated heterocycles. The number of hydrogen-bond donors (Lipinski definition) is 2. The molecule has 0 aliphatic carbocycles. The molecule has 0 bridgehead atoms. The fraction of sp³-hybridized carbons (Fsp3) is 0.208. The molecule has 0 spiro atoms. The van der Waals surface area contributed by atoms with Crippen molar-refractivity contribution in [3.8, 4) is 5.69 Å². The molecule has 0 aliphatic rings. The molecule has 0 radical (unpaired) electrons. The first-order valence-corrected chi connectivity index (χ1v) is 10.00. The molecule has 3 rings (SSSR count). The summed E-state index contributed by atoms with van der Waals surface area (Å²) in [5, 5.41) is 5.31. The summed E-state index contributed by atoms with van der Waals surface area (Å²) < 4.78 is 20.4. The lowest BCUT2D eigenvalue weighted by atomic mass is 10.2. The van der Waals surface area contributed by atoms with Crippen LogP contribution in [0.4, 0.5) is 15.8 Å². The number of hydrogen-bond acceptors (Lipinski definition) is 4. The molecule has 7 nitrogen and oxygen atoms in total. The summed E-state index contributed by atoms with van der Waals surface area (Å²) in [4.78, 5) is 36.2. The fourth-order valence-electron chi connectivity index (χ4n) is 3.32. The molecule has 8 heteroatoms. The average Bonchev–Trinajstić information content (AvgIpc) is 3.04. The van der Waals surface area contributed by atoms with Crippen LogP contribution in [0.15, 0.2) is 54.6 Å². The highest BCUT2D eigenvalue weighted by Crippen LogP contribution is 2.22. The van der Waals surface area contributed by atoms with E-state index in [-0.39, 0.29) is 11.7 Å². The van der Waals surface area contributed by atoms with Crippen LogP contribution in [-0.4, -0.2) is 28.5 Å². The third-order valence-electron chi connectivity index (χ3n) is 4.86. The van der Waals surface area contributed by atoms with Crippen molar-refractivity contribution in [2.75, 3.05) is 10.6 Å². The smallest absolute Gasteiger partial charge is 0.340 e. The largest absolute Gasteiger partial charge is 0.449 e. The molecule has 2 aromatic carbocycles. The van der Waals surface area contributed by atoms with Crippen molar-refractivity contribution >= 4 is 29.2 Å². The Labute approximate surface area is 185 Å². The molecule has 0 fully saturated rings. The van der Waals surface area contributed by atoms with E-state index in [0.717, 1.165) is 5.69 Å². The zero-order valence-corrected chi connectivity index (χ0v) is 18.2. The van der Waals surface area contributed by atoms with Gasteiger partial charge in [-0.2, -0.15) is 0 Å². The molecular formula is C24H24FN3O4. The lowest BCUT2D eigenvalue weighted by molar-refractivity contribution is -0.123. The number of ether oxygens (including phenoxy) is 1. The predicted octanol–water partition coefficient (Wildman–Crippen LogP) is 4.38. The number of aryl methyl sites for hydroxylation is 1. The van der Waals surface area contributed by atoms with Crippen LogP contribution in [0.1, 0.15) is 35.6 Å². The molecule has 2 N–H and O–H groups in total. The lowest BCUT2D eigenvalue weighted by Gasteiger charge is -2.14. The minimum Gasteiger partial charge on any atom is -0.449 e. The average molecular weight is 437 g/mol. The van der Waals surface area contributed by atoms with Gasteiger partial charge in [0.1, 0.15) is 5.82 Å². The number of nitrogens with zero attached hydrogens (tertiary/aromatic N) is 1. The maximum absolute atomic E-state index is 13.2. The van der Waals surface area contributed by atoms with E-state index in [1.54, 1.807) is 49.4 Å². The van der Waals surface area contributed by atoms with E-state index in [9.17, 15) is 18.8 Å². The number of nitrogens with one attached hydrogen (secondary N) is 2. The molecule has 0 saturated carbocycles. The molecule has 0 aliphatic heterocycles. The van der Waals surface area contributed by atoms with E-state index in [2.05, 4.69) is 10.6 Å². The van der Waals surface area contributed by atoms with Crippen molar-refractivity contribution in [2.45, 2.75) is 33.8 Å². The van der Waals surface area contributed by atoms with E-state index in [1.807, 2.05) is 11.5 Å². The van der Waals surface area contributed by atoms with Crippen molar-refractivity contribution < 1.29 is 23.5 Å². The Morgan fingerprint density at radius 1 is 0.938 bits per heavy atom. The first kappa shape index (κ1) is 22.7. The topological polar surface area (TPSA) is 89.4 Å². The Morgan fingerprint density at radius 3 is 2.06 bits per heavy atom. The van der Waals surface area contributed by atoms with Crippen LogP contribution >= 0.6 is 0 Å². The number of carbonyl (C=O) groups excluding carboxylic acids is 3. The van der Waals surface area contributed by atoms with Gasteiger partial charge >= 0.3 is 5.97 Å². The third-order valence-corrected chi connectivity index (χ3v) is 4.86. The summed E-state index contributed by atoms with van der Waals surface area (Å²) in [6, 6.07) is 14.2. The molecule has 166 valence electrons. The van der Waals surface area contributed by atoms with Gasteiger partial charge in [0.15, 0.2) is 6.10 Å². The highest BCUT2D eigenvalue weighted by atomic mass is 19.1. The van der Waals surface area contributed by atoms with Gasteiger partial charge in [-0.1, -0.05) is 0 Å². The molecule has 3 aromatic rings. The van der Waals surface area contributed by atoms with Crippen molar-refractivity contribution in [1.29, 1.82) is 0 Å². The monoisotopic (exact) mass is 437 g/mol. The Kier molecular flexibility index (Phi) is 6.73. The van der Waals surface area contributed by atoms with Crippen molar-refractivity contribution in [1.82, 2.24) is 4.57 Å². The standard InChI is InChI=1S/C24H24FN3O4/c1-14-13-22(15(2)28(14)21-11-5-18(25)6-12-21)24(31)32-16(3)23(30)27-20-9-7-19(8-10-20)26-17(4)29/h5-13,16H,1-4H3,(H,26,29)(H,27,30). The Hall–Kier alpha value is -3.94. The zero-order chi connectivity index (χ0) is 23.4. The molecule has 1 aromatic heterocycles. The maximum Gasteiger partial charge on any atom is 0.340 e. The minimum absolute atomic E-state index is 0.193. The molecule has 2 amide bonds. The van der Waals surface area contributed by atoms with Gasteiger partial charge in [0.2, 0.25) is 5.91 Å². The summed E-state index contributed by atoms with van der Waals surface area (Å²) in [5.74, 6) is -1.66. The maximum atomic E-state index is 13.2. The van der Waals surface area contributed by atoms with Gasteiger partial charge in [-0.15, -0.1) is 0 Å². The van der Waals surface area contributed by atoms with Gasteiger partial charge in [-0.25, -0.2) is 9.18 Å². The number of benzene rings is 2. The number of anilines is 2. The molecule has 1 heterocycles.